The lowest BCUT2D eigenvalue weighted by Crippen LogP contribution is -2.15. The molecule has 0 spiro atoms. The van der Waals surface area contributed by atoms with Crippen LogP contribution in [-0.4, -0.2) is 31.1 Å². The van der Waals surface area contributed by atoms with Crippen molar-refractivity contribution >= 4 is 35.1 Å². The Morgan fingerprint density at radius 3 is 2.68 bits per heavy atom. The van der Waals surface area contributed by atoms with Gasteiger partial charge in [-0.05, 0) is 24.6 Å². The van der Waals surface area contributed by atoms with E-state index in [2.05, 4.69) is 25.8 Å². The number of aryl methyl sites for hydroxylation is 1. The van der Waals surface area contributed by atoms with Crippen LogP contribution in [0.3, 0.4) is 0 Å². The number of amides is 1. The summed E-state index contributed by atoms with van der Waals surface area (Å²) in [5.41, 5.74) is 2.27. The Bertz CT molecular complexity index is 921. The van der Waals surface area contributed by atoms with Gasteiger partial charge >= 0.3 is 6.01 Å². The SMILES string of the molecule is Cc1nnc(NC(=O)Cc2nnn(Cc3ccc(Cl)c(Cl)c3)c2C)o1. The average Bonchev–Trinajstić information content (AvgIpc) is 3.11. The van der Waals surface area contributed by atoms with Crippen LogP contribution in [0.2, 0.25) is 10.0 Å². The minimum atomic E-state index is -0.312. The fourth-order valence-electron chi connectivity index (χ4n) is 2.18. The average molecular weight is 381 g/mol. The zero-order valence-electron chi connectivity index (χ0n) is 13.5. The molecule has 130 valence electrons. The normalized spacial score (nSPS) is 10.9. The minimum Gasteiger partial charge on any atom is -0.408 e. The Hall–Kier alpha value is -2.45. The van der Waals surface area contributed by atoms with Gasteiger partial charge in [-0.1, -0.05) is 39.6 Å². The van der Waals surface area contributed by atoms with Gasteiger partial charge in [0, 0.05) is 6.92 Å². The van der Waals surface area contributed by atoms with Crippen LogP contribution >= 0.6 is 23.2 Å². The molecule has 0 saturated carbocycles. The number of anilines is 1. The number of carbonyl (C=O) groups is 1. The molecule has 25 heavy (non-hydrogen) atoms. The molecule has 1 N–H and O–H groups in total. The van der Waals surface area contributed by atoms with E-state index in [0.29, 0.717) is 28.2 Å². The largest absolute Gasteiger partial charge is 0.408 e. The van der Waals surface area contributed by atoms with Crippen molar-refractivity contribution in [2.75, 3.05) is 5.32 Å². The summed E-state index contributed by atoms with van der Waals surface area (Å²) in [7, 11) is 0. The molecular formula is C15H14Cl2N6O2. The third-order valence-electron chi connectivity index (χ3n) is 3.49. The summed E-state index contributed by atoms with van der Waals surface area (Å²) in [5, 5.41) is 19.0. The molecule has 1 aromatic carbocycles. The van der Waals surface area contributed by atoms with Gasteiger partial charge in [0.2, 0.25) is 11.8 Å². The quantitative estimate of drug-likeness (QED) is 0.730. The first-order valence-electron chi connectivity index (χ1n) is 7.35. The zero-order valence-corrected chi connectivity index (χ0v) is 15.0. The molecule has 1 amide bonds. The van der Waals surface area contributed by atoms with Crippen LogP contribution in [0.1, 0.15) is 22.8 Å². The summed E-state index contributed by atoms with van der Waals surface area (Å²) in [6.07, 6.45) is 0.0502. The molecule has 0 atom stereocenters. The molecule has 0 bridgehead atoms. The summed E-state index contributed by atoms with van der Waals surface area (Å²) in [5.74, 6) is 0.0624. The van der Waals surface area contributed by atoms with Crippen molar-refractivity contribution in [2.45, 2.75) is 26.8 Å². The molecule has 0 saturated heterocycles. The van der Waals surface area contributed by atoms with Gasteiger partial charge in [-0.25, -0.2) is 4.68 Å². The van der Waals surface area contributed by atoms with E-state index in [0.717, 1.165) is 11.3 Å². The number of benzene rings is 1. The fourth-order valence-corrected chi connectivity index (χ4v) is 2.50. The second kappa shape index (κ2) is 7.20. The highest BCUT2D eigenvalue weighted by atomic mass is 35.5. The predicted molar refractivity (Wildman–Crippen MR) is 91.7 cm³/mol. The van der Waals surface area contributed by atoms with Crippen molar-refractivity contribution < 1.29 is 9.21 Å². The number of nitrogens with one attached hydrogen (secondary N) is 1. The summed E-state index contributed by atoms with van der Waals surface area (Å²) >= 11 is 11.9. The molecule has 0 fully saturated rings. The predicted octanol–water partition coefficient (Wildman–Crippen LogP) is 2.81. The summed E-state index contributed by atoms with van der Waals surface area (Å²) in [6, 6.07) is 5.42. The summed E-state index contributed by atoms with van der Waals surface area (Å²) in [4.78, 5) is 12.0. The number of halogens is 2. The van der Waals surface area contributed by atoms with E-state index in [9.17, 15) is 4.79 Å². The molecule has 0 aliphatic carbocycles. The minimum absolute atomic E-state index is 0.0502. The molecule has 8 nitrogen and oxygen atoms in total. The number of rotatable bonds is 5. The lowest BCUT2D eigenvalue weighted by atomic mass is 10.2. The second-order valence-electron chi connectivity index (χ2n) is 5.38. The Morgan fingerprint density at radius 2 is 2.00 bits per heavy atom. The van der Waals surface area contributed by atoms with E-state index in [4.69, 9.17) is 27.6 Å². The second-order valence-corrected chi connectivity index (χ2v) is 6.19. The van der Waals surface area contributed by atoms with E-state index in [-0.39, 0.29) is 18.3 Å². The lowest BCUT2D eigenvalue weighted by Gasteiger charge is -2.05. The number of carbonyl (C=O) groups excluding carboxylic acids is 1. The fraction of sp³-hybridized carbons (Fsp3) is 0.267. The van der Waals surface area contributed by atoms with Gasteiger partial charge in [-0.15, -0.1) is 10.2 Å². The van der Waals surface area contributed by atoms with E-state index < -0.39 is 0 Å². The van der Waals surface area contributed by atoms with Crippen LogP contribution in [0.4, 0.5) is 6.01 Å². The smallest absolute Gasteiger partial charge is 0.322 e. The third kappa shape index (κ3) is 4.15. The maximum atomic E-state index is 12.0. The highest BCUT2D eigenvalue weighted by Crippen LogP contribution is 2.23. The molecule has 2 heterocycles. The van der Waals surface area contributed by atoms with E-state index in [1.54, 1.807) is 23.7 Å². The van der Waals surface area contributed by atoms with Crippen molar-refractivity contribution in [3.63, 3.8) is 0 Å². The molecule has 3 aromatic rings. The number of hydrogen-bond acceptors (Lipinski definition) is 6. The Morgan fingerprint density at radius 1 is 1.20 bits per heavy atom. The van der Waals surface area contributed by atoms with Crippen LogP contribution in [0.5, 0.6) is 0 Å². The molecule has 0 aliphatic heterocycles. The van der Waals surface area contributed by atoms with Gasteiger partial charge in [-0.3, -0.25) is 10.1 Å². The van der Waals surface area contributed by atoms with Gasteiger partial charge in [0.05, 0.1) is 34.4 Å². The first kappa shape index (κ1) is 17.4. The van der Waals surface area contributed by atoms with Crippen molar-refractivity contribution in [1.82, 2.24) is 25.2 Å². The molecule has 3 rings (SSSR count). The summed E-state index contributed by atoms with van der Waals surface area (Å²) < 4.78 is 6.80. The molecule has 10 heteroatoms. The first-order chi connectivity index (χ1) is 11.9. The highest BCUT2D eigenvalue weighted by Gasteiger charge is 2.15. The Labute approximate surface area is 153 Å². The molecular weight excluding hydrogens is 367 g/mol. The van der Waals surface area contributed by atoms with Crippen molar-refractivity contribution in [2.24, 2.45) is 0 Å². The maximum Gasteiger partial charge on any atom is 0.322 e. The monoisotopic (exact) mass is 380 g/mol. The maximum absolute atomic E-state index is 12.0. The van der Waals surface area contributed by atoms with Crippen molar-refractivity contribution in [3.8, 4) is 0 Å². The van der Waals surface area contributed by atoms with Gasteiger partial charge in [0.1, 0.15) is 0 Å². The van der Waals surface area contributed by atoms with Gasteiger partial charge in [0.25, 0.3) is 0 Å². The van der Waals surface area contributed by atoms with E-state index in [1.165, 1.54) is 0 Å². The first-order valence-corrected chi connectivity index (χ1v) is 8.11. The van der Waals surface area contributed by atoms with E-state index >= 15 is 0 Å². The number of nitrogens with zero attached hydrogens (tertiary/aromatic N) is 5. The van der Waals surface area contributed by atoms with Crippen LogP contribution in [0.25, 0.3) is 0 Å². The standard InChI is InChI=1S/C15H14Cl2N6O2/c1-8-13(6-14(24)18-15-21-19-9(2)25-15)20-22-23(8)7-10-3-4-11(16)12(17)5-10/h3-5H,6-7H2,1-2H3,(H,18,21,24). The van der Waals surface area contributed by atoms with Crippen LogP contribution in [0, 0.1) is 13.8 Å². The highest BCUT2D eigenvalue weighted by molar-refractivity contribution is 6.42. The Balaban J connectivity index is 1.68. The van der Waals surface area contributed by atoms with Crippen LogP contribution < -0.4 is 5.32 Å². The molecule has 2 aromatic heterocycles. The topological polar surface area (TPSA) is 98.7 Å². The van der Waals surface area contributed by atoms with Gasteiger partial charge < -0.3 is 4.42 Å². The number of aromatic nitrogens is 5. The number of hydrogen-bond donors (Lipinski definition) is 1. The lowest BCUT2D eigenvalue weighted by molar-refractivity contribution is -0.115. The van der Waals surface area contributed by atoms with Crippen molar-refractivity contribution in [3.05, 3.63) is 51.1 Å². The Kier molecular flexibility index (Phi) is 5.00. The summed E-state index contributed by atoms with van der Waals surface area (Å²) in [6.45, 7) is 3.96. The molecule has 0 aliphatic rings. The van der Waals surface area contributed by atoms with Crippen molar-refractivity contribution in [1.29, 1.82) is 0 Å². The van der Waals surface area contributed by atoms with Gasteiger partial charge in [0.15, 0.2) is 0 Å². The van der Waals surface area contributed by atoms with E-state index in [1.807, 2.05) is 13.0 Å². The molecule has 0 radical (unpaired) electrons. The molecule has 0 unspecified atom stereocenters. The van der Waals surface area contributed by atoms with Crippen LogP contribution in [-0.2, 0) is 17.8 Å². The van der Waals surface area contributed by atoms with Gasteiger partial charge in [-0.2, -0.15) is 0 Å². The zero-order chi connectivity index (χ0) is 18.0. The van der Waals surface area contributed by atoms with Crippen LogP contribution in [0.15, 0.2) is 22.6 Å². The third-order valence-corrected chi connectivity index (χ3v) is 4.23.